The van der Waals surface area contributed by atoms with E-state index in [1.54, 1.807) is 6.20 Å². The molecule has 1 heterocycles. The highest BCUT2D eigenvalue weighted by Crippen LogP contribution is 2.32. The van der Waals surface area contributed by atoms with Crippen LogP contribution in [0.1, 0.15) is 49.3 Å². The number of hydrogen-bond donors (Lipinski definition) is 0. The predicted molar refractivity (Wildman–Crippen MR) is 54.8 cm³/mol. The summed E-state index contributed by atoms with van der Waals surface area (Å²) in [6, 6.07) is 5.94. The van der Waals surface area contributed by atoms with E-state index in [2.05, 4.69) is 11.1 Å². The van der Waals surface area contributed by atoms with Gasteiger partial charge in [0.2, 0.25) is 0 Å². The molecule has 0 aliphatic heterocycles. The molecule has 0 aromatic carbocycles. The van der Waals surface area contributed by atoms with E-state index >= 15 is 0 Å². The van der Waals surface area contributed by atoms with Gasteiger partial charge in [-0.2, -0.15) is 5.26 Å². The van der Waals surface area contributed by atoms with E-state index in [4.69, 9.17) is 5.26 Å². The van der Waals surface area contributed by atoms with E-state index in [9.17, 15) is 0 Å². The molecule has 0 spiro atoms. The van der Waals surface area contributed by atoms with Gasteiger partial charge in [-0.25, -0.2) is 0 Å². The van der Waals surface area contributed by atoms with Crippen LogP contribution in [-0.2, 0) is 0 Å². The molecule has 14 heavy (non-hydrogen) atoms. The molecule has 0 radical (unpaired) electrons. The van der Waals surface area contributed by atoms with Crippen molar-refractivity contribution in [3.63, 3.8) is 0 Å². The molecule has 2 nitrogen and oxygen atoms in total. The van der Waals surface area contributed by atoms with Crippen LogP contribution in [0.5, 0.6) is 0 Å². The molecule has 1 fully saturated rings. The van der Waals surface area contributed by atoms with Crippen LogP contribution in [0, 0.1) is 11.3 Å². The summed E-state index contributed by atoms with van der Waals surface area (Å²) in [5.74, 6) is 0.527. The largest absolute Gasteiger partial charge is 0.260 e. The summed E-state index contributed by atoms with van der Waals surface area (Å²) < 4.78 is 0. The lowest BCUT2D eigenvalue weighted by Gasteiger charge is -2.21. The first-order valence-electron chi connectivity index (χ1n) is 5.27. The molecule has 1 aromatic heterocycles. The van der Waals surface area contributed by atoms with Crippen LogP contribution in [-0.4, -0.2) is 4.98 Å². The van der Waals surface area contributed by atoms with Crippen molar-refractivity contribution in [2.75, 3.05) is 0 Å². The highest BCUT2D eigenvalue weighted by atomic mass is 14.7. The van der Waals surface area contributed by atoms with Gasteiger partial charge in [-0.1, -0.05) is 19.3 Å². The van der Waals surface area contributed by atoms with Crippen molar-refractivity contribution in [1.82, 2.24) is 4.98 Å². The minimum absolute atomic E-state index is 0.527. The first kappa shape index (κ1) is 9.21. The van der Waals surface area contributed by atoms with E-state index < -0.39 is 0 Å². The van der Waals surface area contributed by atoms with Gasteiger partial charge in [-0.05, 0) is 25.0 Å². The molecule has 0 amide bonds. The topological polar surface area (TPSA) is 36.7 Å². The lowest BCUT2D eigenvalue weighted by molar-refractivity contribution is 0.436. The van der Waals surface area contributed by atoms with Crippen molar-refractivity contribution in [3.8, 4) is 6.07 Å². The second-order valence-corrected chi connectivity index (χ2v) is 3.88. The molecule has 2 rings (SSSR count). The van der Waals surface area contributed by atoms with Crippen LogP contribution in [0.4, 0.5) is 0 Å². The zero-order chi connectivity index (χ0) is 9.80. The molecule has 72 valence electrons. The summed E-state index contributed by atoms with van der Waals surface area (Å²) in [6.07, 6.45) is 8.10. The van der Waals surface area contributed by atoms with Crippen molar-refractivity contribution in [3.05, 3.63) is 29.6 Å². The van der Waals surface area contributed by atoms with E-state index in [-0.39, 0.29) is 0 Å². The lowest BCUT2D eigenvalue weighted by Crippen LogP contribution is -2.08. The van der Waals surface area contributed by atoms with E-state index in [0.717, 1.165) is 11.3 Å². The molecular weight excluding hydrogens is 172 g/mol. The van der Waals surface area contributed by atoms with Gasteiger partial charge in [0.05, 0.1) is 11.3 Å². The zero-order valence-corrected chi connectivity index (χ0v) is 8.24. The maximum absolute atomic E-state index is 8.96. The molecule has 0 bridgehead atoms. The van der Waals surface area contributed by atoms with Gasteiger partial charge in [0.1, 0.15) is 6.07 Å². The monoisotopic (exact) mass is 186 g/mol. The number of nitriles is 1. The molecular formula is C12H14N2. The van der Waals surface area contributed by atoms with Crippen LogP contribution in [0.25, 0.3) is 0 Å². The van der Waals surface area contributed by atoms with Gasteiger partial charge in [0.25, 0.3) is 0 Å². The van der Waals surface area contributed by atoms with E-state index in [1.165, 1.54) is 32.1 Å². The Morgan fingerprint density at radius 3 is 2.79 bits per heavy atom. The van der Waals surface area contributed by atoms with Crippen LogP contribution in [0.2, 0.25) is 0 Å². The number of rotatable bonds is 1. The lowest BCUT2D eigenvalue weighted by atomic mass is 9.85. The Hall–Kier alpha value is -1.36. The molecule has 0 saturated heterocycles. The number of nitrogens with zero attached hydrogens (tertiary/aromatic N) is 2. The maximum Gasteiger partial charge on any atom is 0.101 e. The highest BCUT2D eigenvalue weighted by Gasteiger charge is 2.19. The van der Waals surface area contributed by atoms with Gasteiger partial charge in [0, 0.05) is 12.1 Å². The third-order valence-corrected chi connectivity index (χ3v) is 2.95. The molecule has 1 saturated carbocycles. The highest BCUT2D eigenvalue weighted by molar-refractivity contribution is 5.34. The summed E-state index contributed by atoms with van der Waals surface area (Å²) >= 11 is 0. The Morgan fingerprint density at radius 1 is 1.29 bits per heavy atom. The fourth-order valence-corrected chi connectivity index (χ4v) is 2.21. The third-order valence-electron chi connectivity index (χ3n) is 2.95. The summed E-state index contributed by atoms with van der Waals surface area (Å²) in [4.78, 5) is 4.35. The Bertz CT molecular complexity index is 346. The van der Waals surface area contributed by atoms with Crippen LogP contribution >= 0.6 is 0 Å². The Morgan fingerprint density at radius 2 is 2.07 bits per heavy atom. The summed E-state index contributed by atoms with van der Waals surface area (Å²) in [7, 11) is 0. The van der Waals surface area contributed by atoms with Crippen molar-refractivity contribution < 1.29 is 0 Å². The molecule has 1 aliphatic rings. The maximum atomic E-state index is 8.96. The summed E-state index contributed by atoms with van der Waals surface area (Å²) in [5, 5.41) is 8.96. The Balaban J connectivity index is 2.26. The smallest absolute Gasteiger partial charge is 0.101 e. The van der Waals surface area contributed by atoms with Gasteiger partial charge in [-0.15, -0.1) is 0 Å². The Kier molecular flexibility index (Phi) is 2.78. The first-order valence-corrected chi connectivity index (χ1v) is 5.27. The first-order chi connectivity index (χ1) is 6.92. The standard InChI is InChI=1S/C12H14N2/c13-9-11-7-4-8-14-12(11)10-5-2-1-3-6-10/h4,7-8,10H,1-3,5-6H2. The van der Waals surface area contributed by atoms with Crippen LogP contribution in [0.15, 0.2) is 18.3 Å². The van der Waals surface area contributed by atoms with Gasteiger partial charge in [0.15, 0.2) is 0 Å². The molecule has 0 N–H and O–H groups in total. The zero-order valence-electron chi connectivity index (χ0n) is 8.24. The second-order valence-electron chi connectivity index (χ2n) is 3.88. The van der Waals surface area contributed by atoms with Crippen molar-refractivity contribution >= 4 is 0 Å². The van der Waals surface area contributed by atoms with Crippen molar-refractivity contribution in [2.24, 2.45) is 0 Å². The number of aromatic nitrogens is 1. The van der Waals surface area contributed by atoms with Crippen molar-refractivity contribution in [2.45, 2.75) is 38.0 Å². The summed E-state index contributed by atoms with van der Waals surface area (Å²) in [6.45, 7) is 0. The quantitative estimate of drug-likeness (QED) is 0.676. The minimum Gasteiger partial charge on any atom is -0.260 e. The summed E-state index contributed by atoms with van der Waals surface area (Å²) in [5.41, 5.74) is 1.79. The molecule has 2 heteroatoms. The average molecular weight is 186 g/mol. The normalized spacial score (nSPS) is 17.6. The van der Waals surface area contributed by atoms with E-state index in [1.807, 2.05) is 12.1 Å². The molecule has 0 atom stereocenters. The Labute approximate surface area is 84.6 Å². The number of pyridine rings is 1. The van der Waals surface area contributed by atoms with E-state index in [0.29, 0.717) is 5.92 Å². The van der Waals surface area contributed by atoms with Crippen LogP contribution < -0.4 is 0 Å². The minimum atomic E-state index is 0.527. The molecule has 0 unspecified atom stereocenters. The number of hydrogen-bond acceptors (Lipinski definition) is 2. The van der Waals surface area contributed by atoms with Gasteiger partial charge >= 0.3 is 0 Å². The fraction of sp³-hybridized carbons (Fsp3) is 0.500. The van der Waals surface area contributed by atoms with Gasteiger partial charge < -0.3 is 0 Å². The predicted octanol–water partition coefficient (Wildman–Crippen LogP) is 3.00. The average Bonchev–Trinajstić information content (AvgIpc) is 2.30. The third kappa shape index (κ3) is 1.77. The molecule has 1 aromatic rings. The molecule has 1 aliphatic carbocycles. The van der Waals surface area contributed by atoms with Gasteiger partial charge in [-0.3, -0.25) is 4.98 Å². The van der Waals surface area contributed by atoms with Crippen molar-refractivity contribution in [1.29, 1.82) is 5.26 Å². The SMILES string of the molecule is N#Cc1cccnc1C1CCCCC1. The fourth-order valence-electron chi connectivity index (χ4n) is 2.21. The second kappa shape index (κ2) is 4.23. The van der Waals surface area contributed by atoms with Crippen LogP contribution in [0.3, 0.4) is 0 Å².